The number of hydrogen-bond donors (Lipinski definition) is 1. The number of allylic oxidation sites excluding steroid dienone is 1. The van der Waals surface area contributed by atoms with Gasteiger partial charge in [-0.15, -0.1) is 0 Å². The molecule has 36 heavy (non-hydrogen) atoms. The molecule has 0 saturated carbocycles. The second-order valence-electron chi connectivity index (χ2n) is 8.63. The van der Waals surface area contributed by atoms with Crippen LogP contribution in [0, 0.1) is 0 Å². The van der Waals surface area contributed by atoms with E-state index in [2.05, 4.69) is 41.7 Å². The molecule has 5 heteroatoms. The van der Waals surface area contributed by atoms with Gasteiger partial charge in [0.05, 0.1) is 12.9 Å². The molecule has 0 radical (unpaired) electrons. The highest BCUT2D eigenvalue weighted by Crippen LogP contribution is 2.39. The number of ether oxygens (including phenoxy) is 1. The number of carbonyl (C=O) groups excluding carboxylic acids is 1. The second-order valence-corrected chi connectivity index (χ2v) is 9.06. The van der Waals surface area contributed by atoms with E-state index in [1.165, 1.54) is 5.39 Å². The minimum atomic E-state index is -0.175. The van der Waals surface area contributed by atoms with Crippen molar-refractivity contribution in [3.05, 3.63) is 107 Å². The number of hydrogen-bond acceptors (Lipinski definition) is 3. The molecule has 0 atom stereocenters. The monoisotopic (exact) mass is 495 g/mol. The van der Waals surface area contributed by atoms with Gasteiger partial charge in [0, 0.05) is 40.2 Å². The number of benzene rings is 4. The lowest BCUT2D eigenvalue weighted by Crippen LogP contribution is -2.20. The van der Waals surface area contributed by atoms with Crippen LogP contribution in [0.5, 0.6) is 5.75 Å². The van der Waals surface area contributed by atoms with Crippen molar-refractivity contribution >= 4 is 44.8 Å². The van der Waals surface area contributed by atoms with Crippen LogP contribution in [0.4, 0.5) is 0 Å². The normalized spacial score (nSPS) is 11.7. The van der Waals surface area contributed by atoms with Gasteiger partial charge in [-0.3, -0.25) is 4.79 Å². The number of fused-ring (bicyclic) bond motifs is 2. The highest BCUT2D eigenvalue weighted by molar-refractivity contribution is 6.30. The van der Waals surface area contributed by atoms with E-state index in [-0.39, 0.29) is 5.91 Å². The summed E-state index contributed by atoms with van der Waals surface area (Å²) in [4.78, 5) is 12.7. The molecule has 0 aliphatic heterocycles. The van der Waals surface area contributed by atoms with Gasteiger partial charge >= 0.3 is 0 Å². The quantitative estimate of drug-likeness (QED) is 0.232. The molecule has 0 aliphatic carbocycles. The molecule has 1 amide bonds. The molecule has 1 aromatic heterocycles. The molecule has 4 nitrogen and oxygen atoms in total. The summed E-state index contributed by atoms with van der Waals surface area (Å²) in [7, 11) is 0. The van der Waals surface area contributed by atoms with Gasteiger partial charge < -0.3 is 14.5 Å². The average Bonchev–Trinajstić information content (AvgIpc) is 3.30. The molecule has 0 spiro atoms. The largest absolute Gasteiger partial charge is 0.493 e. The summed E-state index contributed by atoms with van der Waals surface area (Å²) in [6, 6.07) is 26.0. The van der Waals surface area contributed by atoms with Gasteiger partial charge in [-0.25, -0.2) is 0 Å². The Bertz CT molecular complexity index is 1580. The van der Waals surface area contributed by atoms with Crippen LogP contribution in [0.25, 0.3) is 38.4 Å². The first-order valence-electron chi connectivity index (χ1n) is 11.9. The van der Waals surface area contributed by atoms with Crippen LogP contribution < -0.4 is 10.1 Å². The third kappa shape index (κ3) is 4.86. The van der Waals surface area contributed by atoms with E-state index in [1.54, 1.807) is 12.3 Å². The smallest absolute Gasteiger partial charge is 0.244 e. The van der Waals surface area contributed by atoms with Crippen LogP contribution in [0.2, 0.25) is 5.02 Å². The predicted octanol–water partition coefficient (Wildman–Crippen LogP) is 8.02. The van der Waals surface area contributed by atoms with Gasteiger partial charge in [0.1, 0.15) is 11.3 Å². The van der Waals surface area contributed by atoms with Gasteiger partial charge in [0.25, 0.3) is 0 Å². The minimum absolute atomic E-state index is 0.175. The molecule has 5 rings (SSSR count). The Morgan fingerprint density at radius 1 is 0.972 bits per heavy atom. The van der Waals surface area contributed by atoms with Crippen molar-refractivity contribution < 1.29 is 13.9 Å². The maximum Gasteiger partial charge on any atom is 0.244 e. The predicted molar refractivity (Wildman–Crippen MR) is 147 cm³/mol. The van der Waals surface area contributed by atoms with Gasteiger partial charge in [-0.2, -0.15) is 0 Å². The Kier molecular flexibility index (Phi) is 6.79. The van der Waals surface area contributed by atoms with E-state index < -0.39 is 0 Å². The Morgan fingerprint density at radius 3 is 2.56 bits per heavy atom. The first kappa shape index (κ1) is 23.7. The fourth-order valence-electron chi connectivity index (χ4n) is 4.42. The van der Waals surface area contributed by atoms with Crippen LogP contribution in [0.15, 0.2) is 95.6 Å². The van der Waals surface area contributed by atoms with Crippen molar-refractivity contribution in [2.75, 3.05) is 6.61 Å². The van der Waals surface area contributed by atoms with E-state index in [1.807, 2.05) is 56.3 Å². The lowest BCUT2D eigenvalue weighted by molar-refractivity contribution is -0.116. The average molecular weight is 496 g/mol. The van der Waals surface area contributed by atoms with E-state index in [4.69, 9.17) is 20.8 Å². The molecule has 0 bridgehead atoms. The molecule has 0 aliphatic rings. The standard InChI is InChI=1S/C31H26ClNO3/c1-3-35-29-17-30-27(28(19-36-30)25-10-6-8-22-7-4-5-9-24(22)25)16-26(29)20(2)15-31(34)33-18-21-11-13-23(32)14-12-21/h4-17,19H,3,18H2,1-2H3,(H,33,34)/b20-15+. The second kappa shape index (κ2) is 10.3. The summed E-state index contributed by atoms with van der Waals surface area (Å²) in [5.74, 6) is 0.509. The number of carbonyl (C=O) groups is 1. The molecule has 0 saturated heterocycles. The zero-order valence-corrected chi connectivity index (χ0v) is 20.9. The fraction of sp³-hybridized carbons (Fsp3) is 0.129. The third-order valence-electron chi connectivity index (χ3n) is 6.21. The molecule has 5 aromatic rings. The number of amides is 1. The molecule has 0 unspecified atom stereocenters. The highest BCUT2D eigenvalue weighted by atomic mass is 35.5. The van der Waals surface area contributed by atoms with Crippen molar-refractivity contribution in [3.8, 4) is 16.9 Å². The van der Waals surface area contributed by atoms with Crippen LogP contribution in [0.3, 0.4) is 0 Å². The Balaban J connectivity index is 1.51. The summed E-state index contributed by atoms with van der Waals surface area (Å²) < 4.78 is 11.9. The molecule has 180 valence electrons. The van der Waals surface area contributed by atoms with E-state index >= 15 is 0 Å². The van der Waals surface area contributed by atoms with Gasteiger partial charge in [0.15, 0.2) is 0 Å². The van der Waals surface area contributed by atoms with E-state index in [0.29, 0.717) is 23.9 Å². The van der Waals surface area contributed by atoms with Crippen LogP contribution in [-0.2, 0) is 11.3 Å². The number of halogens is 1. The van der Waals surface area contributed by atoms with E-state index in [0.717, 1.165) is 44.2 Å². The molecular weight excluding hydrogens is 470 g/mol. The summed E-state index contributed by atoms with van der Waals surface area (Å²) in [6.07, 6.45) is 3.40. The number of nitrogens with one attached hydrogen (secondary N) is 1. The number of rotatable bonds is 7. The Morgan fingerprint density at radius 2 is 1.75 bits per heavy atom. The molecule has 4 aromatic carbocycles. The lowest BCUT2D eigenvalue weighted by atomic mass is 9.96. The molecule has 1 heterocycles. The van der Waals surface area contributed by atoms with Crippen molar-refractivity contribution in [2.45, 2.75) is 20.4 Å². The van der Waals surface area contributed by atoms with Crippen molar-refractivity contribution in [2.24, 2.45) is 0 Å². The maximum absolute atomic E-state index is 12.7. The maximum atomic E-state index is 12.7. The van der Waals surface area contributed by atoms with Crippen LogP contribution >= 0.6 is 11.6 Å². The highest BCUT2D eigenvalue weighted by Gasteiger charge is 2.16. The van der Waals surface area contributed by atoms with Crippen LogP contribution in [-0.4, -0.2) is 12.5 Å². The molecular formula is C31H26ClNO3. The number of furan rings is 1. The first-order valence-corrected chi connectivity index (χ1v) is 12.3. The first-order chi connectivity index (χ1) is 17.5. The fourth-order valence-corrected chi connectivity index (χ4v) is 4.55. The van der Waals surface area contributed by atoms with Crippen molar-refractivity contribution in [1.82, 2.24) is 5.32 Å². The summed E-state index contributed by atoms with van der Waals surface area (Å²) in [5, 5.41) is 6.91. The van der Waals surface area contributed by atoms with Gasteiger partial charge in [-0.05, 0) is 59.5 Å². The summed E-state index contributed by atoms with van der Waals surface area (Å²) >= 11 is 5.95. The zero-order chi connectivity index (χ0) is 25.1. The molecule has 0 fully saturated rings. The SMILES string of the molecule is CCOc1cc2occ(-c3cccc4ccccc34)c2cc1/C(C)=C/C(=O)NCc1ccc(Cl)cc1. The minimum Gasteiger partial charge on any atom is -0.493 e. The summed E-state index contributed by atoms with van der Waals surface area (Å²) in [5.41, 5.74) is 5.49. The third-order valence-corrected chi connectivity index (χ3v) is 6.46. The Labute approximate surface area is 215 Å². The van der Waals surface area contributed by atoms with Gasteiger partial charge in [-0.1, -0.05) is 66.2 Å². The van der Waals surface area contributed by atoms with Crippen LogP contribution in [0.1, 0.15) is 25.0 Å². The van der Waals surface area contributed by atoms with Crippen molar-refractivity contribution in [3.63, 3.8) is 0 Å². The topological polar surface area (TPSA) is 51.5 Å². The zero-order valence-electron chi connectivity index (χ0n) is 20.2. The Hall–Kier alpha value is -4.02. The van der Waals surface area contributed by atoms with E-state index in [9.17, 15) is 4.79 Å². The van der Waals surface area contributed by atoms with Gasteiger partial charge in [0.2, 0.25) is 5.91 Å². The lowest BCUT2D eigenvalue weighted by Gasteiger charge is -2.12. The summed E-state index contributed by atoms with van der Waals surface area (Å²) in [6.45, 7) is 4.79. The molecule has 1 N–H and O–H groups in total. The van der Waals surface area contributed by atoms with Crippen molar-refractivity contribution in [1.29, 1.82) is 0 Å².